The Morgan fingerprint density at radius 1 is 0.762 bits per heavy atom. The number of nitrogens with one attached hydrogen (secondary N) is 1. The average Bonchev–Trinajstić information content (AvgIpc) is 2.51. The van der Waals surface area contributed by atoms with Gasteiger partial charge in [-0.3, -0.25) is 0 Å². The van der Waals surface area contributed by atoms with Crippen LogP contribution >= 0.6 is 11.8 Å². The largest absolute Gasteiger partial charge is 0.313 e. The van der Waals surface area contributed by atoms with E-state index in [1.54, 1.807) is 0 Å². The van der Waals surface area contributed by atoms with E-state index >= 15 is 0 Å². The van der Waals surface area contributed by atoms with Crippen LogP contribution in [-0.4, -0.2) is 48.6 Å². The summed E-state index contributed by atoms with van der Waals surface area (Å²) in [5, 5.41) is 3.87. The first-order valence-corrected chi connectivity index (χ1v) is 10.6. The molecule has 0 aromatic carbocycles. The molecule has 1 saturated heterocycles. The Balaban J connectivity index is 1.60. The molecule has 1 saturated carbocycles. The minimum absolute atomic E-state index is 0.795. The molecule has 0 amide bonds. The number of rotatable bonds is 4. The molecule has 3 heteroatoms. The van der Waals surface area contributed by atoms with Crippen LogP contribution in [0.25, 0.3) is 0 Å². The van der Waals surface area contributed by atoms with E-state index in [4.69, 9.17) is 0 Å². The maximum Gasteiger partial charge on any atom is 0.0108 e. The molecule has 2 aliphatic rings. The molecule has 2 fully saturated rings. The Kier molecular flexibility index (Phi) is 9.89. The van der Waals surface area contributed by atoms with Crippen LogP contribution < -0.4 is 5.32 Å². The van der Waals surface area contributed by atoms with Crippen molar-refractivity contribution in [2.45, 2.75) is 76.7 Å². The summed E-state index contributed by atoms with van der Waals surface area (Å²) in [4.78, 5) is 2.64. The average molecular weight is 313 g/mol. The third-order valence-electron chi connectivity index (χ3n) is 5.07. The normalized spacial score (nSPS) is 25.1. The lowest BCUT2D eigenvalue weighted by molar-refractivity contribution is 0.288. The molecule has 0 unspecified atom stereocenters. The second-order valence-corrected chi connectivity index (χ2v) is 8.09. The molecule has 124 valence electrons. The zero-order valence-corrected chi connectivity index (χ0v) is 14.8. The lowest BCUT2D eigenvalue weighted by atomic mass is 9.98. The summed E-state index contributed by atoms with van der Waals surface area (Å²) in [6, 6.07) is 0.795. The Morgan fingerprint density at radius 2 is 1.29 bits per heavy atom. The van der Waals surface area contributed by atoms with Crippen molar-refractivity contribution in [1.29, 1.82) is 0 Å². The molecule has 0 aromatic heterocycles. The molecule has 1 aliphatic carbocycles. The van der Waals surface area contributed by atoms with Gasteiger partial charge >= 0.3 is 0 Å². The Hall–Kier alpha value is 0.270. The van der Waals surface area contributed by atoms with Crippen LogP contribution in [0.15, 0.2) is 0 Å². The molecule has 2 rings (SSSR count). The molecule has 1 N–H and O–H groups in total. The van der Waals surface area contributed by atoms with Gasteiger partial charge in [0.2, 0.25) is 0 Å². The van der Waals surface area contributed by atoms with Crippen LogP contribution in [0.4, 0.5) is 0 Å². The molecule has 0 radical (unpaired) electrons. The summed E-state index contributed by atoms with van der Waals surface area (Å²) in [7, 11) is 0. The van der Waals surface area contributed by atoms with Crippen molar-refractivity contribution in [3.63, 3.8) is 0 Å². The van der Waals surface area contributed by atoms with Crippen LogP contribution in [0.2, 0.25) is 0 Å². The van der Waals surface area contributed by atoms with Crippen molar-refractivity contribution in [3.8, 4) is 0 Å². The van der Waals surface area contributed by atoms with Crippen LogP contribution in [0.5, 0.6) is 0 Å². The van der Waals surface area contributed by atoms with Crippen LogP contribution in [0.3, 0.4) is 0 Å². The molecule has 2 nitrogen and oxygen atoms in total. The van der Waals surface area contributed by atoms with Gasteiger partial charge in [-0.05, 0) is 12.8 Å². The third-order valence-corrected chi connectivity index (χ3v) is 6.01. The van der Waals surface area contributed by atoms with Crippen molar-refractivity contribution in [3.05, 3.63) is 0 Å². The molecule has 1 aliphatic heterocycles. The molecule has 0 spiro atoms. The molecule has 1 heterocycles. The van der Waals surface area contributed by atoms with E-state index in [9.17, 15) is 0 Å². The van der Waals surface area contributed by atoms with Gasteiger partial charge in [0, 0.05) is 43.7 Å². The Labute approximate surface area is 136 Å². The first-order chi connectivity index (χ1) is 10.4. The fourth-order valence-corrected chi connectivity index (χ4v) is 4.60. The summed E-state index contributed by atoms with van der Waals surface area (Å²) in [5.74, 6) is 2.67. The van der Waals surface area contributed by atoms with Crippen LogP contribution in [-0.2, 0) is 0 Å². The Bertz CT molecular complexity index is 229. The molecular weight excluding hydrogens is 276 g/mol. The first kappa shape index (κ1) is 17.6. The standard InChI is InChI=1S/C18H36N2S/c1-2-4-6-8-10-18(11-9-7-5-3-1)19-12-13-20-14-16-21-17-15-20/h18-19H,1-17H2. The summed E-state index contributed by atoms with van der Waals surface area (Å²) in [6.07, 6.45) is 16.0. The molecule has 0 aromatic rings. The van der Waals surface area contributed by atoms with Gasteiger partial charge in [-0.2, -0.15) is 11.8 Å². The predicted octanol–water partition coefficient (Wildman–Crippen LogP) is 4.30. The number of thioether (sulfide) groups is 1. The zero-order chi connectivity index (χ0) is 14.6. The molecule has 21 heavy (non-hydrogen) atoms. The maximum atomic E-state index is 3.87. The molecule has 0 atom stereocenters. The third kappa shape index (κ3) is 8.47. The quantitative estimate of drug-likeness (QED) is 0.833. The Morgan fingerprint density at radius 3 is 1.86 bits per heavy atom. The van der Waals surface area contributed by atoms with Gasteiger partial charge in [-0.25, -0.2) is 0 Å². The minimum Gasteiger partial charge on any atom is -0.313 e. The van der Waals surface area contributed by atoms with E-state index in [1.165, 1.54) is 108 Å². The van der Waals surface area contributed by atoms with E-state index < -0.39 is 0 Å². The van der Waals surface area contributed by atoms with Gasteiger partial charge < -0.3 is 10.2 Å². The van der Waals surface area contributed by atoms with E-state index in [2.05, 4.69) is 22.0 Å². The summed E-state index contributed by atoms with van der Waals surface area (Å²) in [5.41, 5.74) is 0. The molecule has 0 bridgehead atoms. The van der Waals surface area contributed by atoms with Gasteiger partial charge in [-0.1, -0.05) is 57.8 Å². The highest BCUT2D eigenvalue weighted by Crippen LogP contribution is 2.17. The van der Waals surface area contributed by atoms with Gasteiger partial charge in [0.05, 0.1) is 0 Å². The summed E-state index contributed by atoms with van der Waals surface area (Å²) < 4.78 is 0. The SMILES string of the molecule is C1CCCCCC(NCCN2CCSCC2)CCCCC1. The summed E-state index contributed by atoms with van der Waals surface area (Å²) >= 11 is 2.11. The van der Waals surface area contributed by atoms with E-state index in [0.717, 1.165) is 6.04 Å². The highest BCUT2D eigenvalue weighted by molar-refractivity contribution is 7.99. The van der Waals surface area contributed by atoms with Gasteiger partial charge in [0.1, 0.15) is 0 Å². The first-order valence-electron chi connectivity index (χ1n) is 9.48. The number of hydrogen-bond acceptors (Lipinski definition) is 3. The van der Waals surface area contributed by atoms with Crippen LogP contribution in [0.1, 0.15) is 70.6 Å². The molecular formula is C18H36N2S. The topological polar surface area (TPSA) is 15.3 Å². The second kappa shape index (κ2) is 11.8. The lowest BCUT2D eigenvalue weighted by Gasteiger charge is -2.27. The second-order valence-electron chi connectivity index (χ2n) is 6.86. The van der Waals surface area contributed by atoms with Gasteiger partial charge in [0.25, 0.3) is 0 Å². The van der Waals surface area contributed by atoms with Crippen molar-refractivity contribution >= 4 is 11.8 Å². The predicted molar refractivity (Wildman–Crippen MR) is 96.3 cm³/mol. The number of nitrogens with zero attached hydrogens (tertiary/aromatic N) is 1. The number of hydrogen-bond donors (Lipinski definition) is 1. The van der Waals surface area contributed by atoms with Crippen molar-refractivity contribution in [2.24, 2.45) is 0 Å². The monoisotopic (exact) mass is 312 g/mol. The zero-order valence-electron chi connectivity index (χ0n) is 14.0. The van der Waals surface area contributed by atoms with E-state index in [0.29, 0.717) is 0 Å². The van der Waals surface area contributed by atoms with Crippen molar-refractivity contribution in [2.75, 3.05) is 37.7 Å². The van der Waals surface area contributed by atoms with Crippen molar-refractivity contribution < 1.29 is 0 Å². The van der Waals surface area contributed by atoms with Gasteiger partial charge in [0.15, 0.2) is 0 Å². The lowest BCUT2D eigenvalue weighted by Crippen LogP contribution is -2.40. The van der Waals surface area contributed by atoms with Crippen molar-refractivity contribution in [1.82, 2.24) is 10.2 Å². The fraction of sp³-hybridized carbons (Fsp3) is 1.00. The highest BCUT2D eigenvalue weighted by atomic mass is 32.2. The fourth-order valence-electron chi connectivity index (χ4n) is 3.62. The van der Waals surface area contributed by atoms with E-state index in [-0.39, 0.29) is 0 Å². The maximum absolute atomic E-state index is 3.87. The summed E-state index contributed by atoms with van der Waals surface area (Å²) in [6.45, 7) is 5.07. The minimum atomic E-state index is 0.795. The van der Waals surface area contributed by atoms with Gasteiger partial charge in [-0.15, -0.1) is 0 Å². The smallest absolute Gasteiger partial charge is 0.0108 e. The highest BCUT2D eigenvalue weighted by Gasteiger charge is 2.12. The van der Waals surface area contributed by atoms with Crippen LogP contribution in [0, 0.1) is 0 Å². The van der Waals surface area contributed by atoms with E-state index in [1.807, 2.05) is 0 Å².